The van der Waals surface area contributed by atoms with Gasteiger partial charge < -0.3 is 15.1 Å². The van der Waals surface area contributed by atoms with E-state index in [4.69, 9.17) is 4.42 Å². The summed E-state index contributed by atoms with van der Waals surface area (Å²) in [6.07, 6.45) is 2.90. The van der Waals surface area contributed by atoms with Crippen molar-refractivity contribution in [2.45, 2.75) is 26.8 Å². The van der Waals surface area contributed by atoms with E-state index >= 15 is 0 Å². The molecule has 0 aromatic carbocycles. The molecule has 0 aliphatic heterocycles. The quantitative estimate of drug-likeness (QED) is 0.651. The maximum atomic E-state index is 5.31. The first-order valence-electron chi connectivity index (χ1n) is 5.29. The topological polar surface area (TPSA) is 37.2 Å². The van der Waals surface area contributed by atoms with Crippen LogP contribution in [0.2, 0.25) is 0 Å². The molecule has 0 aliphatic carbocycles. The molecular formula is C11H20N2O. The van der Waals surface area contributed by atoms with Crippen molar-refractivity contribution < 1.29 is 4.42 Å². The molecule has 80 valence electrons. The highest BCUT2D eigenvalue weighted by molar-refractivity contribution is 5.13. The van der Waals surface area contributed by atoms with Crippen LogP contribution in [0, 0.1) is 6.92 Å². The SMILES string of the molecule is CCNCCCNCc1occc1C. The molecule has 0 amide bonds. The van der Waals surface area contributed by atoms with E-state index in [9.17, 15) is 0 Å². The van der Waals surface area contributed by atoms with Crippen molar-refractivity contribution >= 4 is 0 Å². The fourth-order valence-electron chi connectivity index (χ4n) is 1.30. The molecular weight excluding hydrogens is 176 g/mol. The third kappa shape index (κ3) is 3.94. The van der Waals surface area contributed by atoms with Crippen LogP contribution < -0.4 is 10.6 Å². The molecule has 14 heavy (non-hydrogen) atoms. The van der Waals surface area contributed by atoms with Crippen molar-refractivity contribution in [3.8, 4) is 0 Å². The number of nitrogens with one attached hydrogen (secondary N) is 2. The lowest BCUT2D eigenvalue weighted by Gasteiger charge is -2.03. The number of hydrogen-bond donors (Lipinski definition) is 2. The van der Waals surface area contributed by atoms with Gasteiger partial charge in [-0.2, -0.15) is 0 Å². The van der Waals surface area contributed by atoms with Crippen LogP contribution >= 0.6 is 0 Å². The van der Waals surface area contributed by atoms with Crippen molar-refractivity contribution in [3.63, 3.8) is 0 Å². The molecule has 1 aromatic heterocycles. The third-order valence-corrected chi connectivity index (χ3v) is 2.21. The smallest absolute Gasteiger partial charge is 0.120 e. The minimum Gasteiger partial charge on any atom is -0.468 e. The number of rotatable bonds is 7. The Hall–Kier alpha value is -0.800. The highest BCUT2D eigenvalue weighted by atomic mass is 16.3. The lowest BCUT2D eigenvalue weighted by molar-refractivity contribution is 0.476. The van der Waals surface area contributed by atoms with Gasteiger partial charge in [0.1, 0.15) is 5.76 Å². The summed E-state index contributed by atoms with van der Waals surface area (Å²) in [5, 5.41) is 6.64. The second kappa shape index (κ2) is 6.62. The molecule has 0 unspecified atom stereocenters. The Kier molecular flexibility index (Phi) is 5.33. The highest BCUT2D eigenvalue weighted by Gasteiger charge is 1.99. The van der Waals surface area contributed by atoms with Gasteiger partial charge >= 0.3 is 0 Å². The zero-order chi connectivity index (χ0) is 10.2. The van der Waals surface area contributed by atoms with Crippen LogP contribution in [-0.4, -0.2) is 19.6 Å². The summed E-state index contributed by atoms with van der Waals surface area (Å²) in [5.74, 6) is 1.05. The normalized spacial score (nSPS) is 10.7. The lowest BCUT2D eigenvalue weighted by atomic mass is 10.3. The van der Waals surface area contributed by atoms with Gasteiger partial charge in [0.15, 0.2) is 0 Å². The fourth-order valence-corrected chi connectivity index (χ4v) is 1.30. The van der Waals surface area contributed by atoms with Crippen molar-refractivity contribution in [1.29, 1.82) is 0 Å². The van der Waals surface area contributed by atoms with Gasteiger partial charge in [-0.25, -0.2) is 0 Å². The monoisotopic (exact) mass is 196 g/mol. The molecule has 1 aromatic rings. The van der Waals surface area contributed by atoms with Crippen molar-refractivity contribution in [2.75, 3.05) is 19.6 Å². The van der Waals surface area contributed by atoms with Crippen LogP contribution in [0.1, 0.15) is 24.7 Å². The van der Waals surface area contributed by atoms with E-state index in [1.165, 1.54) is 5.56 Å². The zero-order valence-corrected chi connectivity index (χ0v) is 9.10. The molecule has 1 rings (SSSR count). The van der Waals surface area contributed by atoms with Crippen LogP contribution in [0.15, 0.2) is 16.7 Å². The standard InChI is InChI=1S/C11H20N2O/c1-3-12-6-4-7-13-9-11-10(2)5-8-14-11/h5,8,12-13H,3-4,6-7,9H2,1-2H3. The Bertz CT molecular complexity index is 245. The van der Waals surface area contributed by atoms with Gasteiger partial charge in [0.05, 0.1) is 12.8 Å². The molecule has 0 saturated heterocycles. The first-order valence-corrected chi connectivity index (χ1v) is 5.29. The first-order chi connectivity index (χ1) is 6.84. The molecule has 0 fully saturated rings. The van der Waals surface area contributed by atoms with Gasteiger partial charge in [-0.15, -0.1) is 0 Å². The molecule has 3 heteroatoms. The summed E-state index contributed by atoms with van der Waals surface area (Å²) >= 11 is 0. The Labute approximate surface area is 85.9 Å². The molecule has 0 bridgehead atoms. The van der Waals surface area contributed by atoms with Crippen molar-refractivity contribution in [3.05, 3.63) is 23.7 Å². The Morgan fingerprint density at radius 2 is 2.07 bits per heavy atom. The van der Waals surface area contributed by atoms with Gasteiger partial charge in [-0.3, -0.25) is 0 Å². The molecule has 0 atom stereocenters. The second-order valence-electron chi connectivity index (χ2n) is 3.41. The second-order valence-corrected chi connectivity index (χ2v) is 3.41. The van der Waals surface area contributed by atoms with Gasteiger partial charge in [0, 0.05) is 0 Å². The van der Waals surface area contributed by atoms with Crippen LogP contribution in [0.25, 0.3) is 0 Å². The lowest BCUT2D eigenvalue weighted by Crippen LogP contribution is -2.21. The number of furan rings is 1. The zero-order valence-electron chi connectivity index (χ0n) is 9.10. The van der Waals surface area contributed by atoms with E-state index in [1.807, 2.05) is 6.07 Å². The summed E-state index contributed by atoms with van der Waals surface area (Å²) in [6, 6.07) is 2.00. The molecule has 1 heterocycles. The fraction of sp³-hybridized carbons (Fsp3) is 0.636. The van der Waals surface area contributed by atoms with Gasteiger partial charge in [-0.05, 0) is 44.6 Å². The molecule has 0 spiro atoms. The van der Waals surface area contributed by atoms with E-state index in [0.29, 0.717) is 0 Å². The first kappa shape index (κ1) is 11.3. The minimum atomic E-state index is 0.838. The number of aryl methyl sites for hydroxylation is 1. The van der Waals surface area contributed by atoms with E-state index < -0.39 is 0 Å². The minimum absolute atomic E-state index is 0.838. The number of hydrogen-bond acceptors (Lipinski definition) is 3. The van der Waals surface area contributed by atoms with E-state index in [0.717, 1.165) is 38.4 Å². The van der Waals surface area contributed by atoms with E-state index in [2.05, 4.69) is 24.5 Å². The summed E-state index contributed by atoms with van der Waals surface area (Å²) < 4.78 is 5.31. The van der Waals surface area contributed by atoms with Crippen LogP contribution in [0.5, 0.6) is 0 Å². The van der Waals surface area contributed by atoms with Crippen LogP contribution in [0.4, 0.5) is 0 Å². The maximum Gasteiger partial charge on any atom is 0.120 e. The van der Waals surface area contributed by atoms with Crippen molar-refractivity contribution in [1.82, 2.24) is 10.6 Å². The molecule has 0 radical (unpaired) electrons. The molecule has 0 saturated carbocycles. The predicted molar refractivity (Wildman–Crippen MR) is 58.3 cm³/mol. The van der Waals surface area contributed by atoms with Crippen LogP contribution in [-0.2, 0) is 6.54 Å². The largest absolute Gasteiger partial charge is 0.468 e. The summed E-state index contributed by atoms with van der Waals surface area (Å²) in [7, 11) is 0. The van der Waals surface area contributed by atoms with Gasteiger partial charge in [0.25, 0.3) is 0 Å². The van der Waals surface area contributed by atoms with Gasteiger partial charge in [-0.1, -0.05) is 6.92 Å². The van der Waals surface area contributed by atoms with E-state index in [-0.39, 0.29) is 0 Å². The molecule has 0 aliphatic rings. The summed E-state index contributed by atoms with van der Waals surface area (Å²) in [4.78, 5) is 0. The summed E-state index contributed by atoms with van der Waals surface area (Å²) in [6.45, 7) is 8.20. The predicted octanol–water partition coefficient (Wildman–Crippen LogP) is 1.68. The Morgan fingerprint density at radius 1 is 1.29 bits per heavy atom. The Balaban J connectivity index is 2.02. The van der Waals surface area contributed by atoms with E-state index in [1.54, 1.807) is 6.26 Å². The van der Waals surface area contributed by atoms with Gasteiger partial charge in [0.2, 0.25) is 0 Å². The third-order valence-electron chi connectivity index (χ3n) is 2.21. The maximum absolute atomic E-state index is 5.31. The van der Waals surface area contributed by atoms with Crippen LogP contribution in [0.3, 0.4) is 0 Å². The molecule has 3 nitrogen and oxygen atoms in total. The average molecular weight is 196 g/mol. The average Bonchev–Trinajstić information content (AvgIpc) is 2.58. The molecule has 2 N–H and O–H groups in total. The van der Waals surface area contributed by atoms with Crippen molar-refractivity contribution in [2.24, 2.45) is 0 Å². The highest BCUT2D eigenvalue weighted by Crippen LogP contribution is 2.07. The summed E-state index contributed by atoms with van der Waals surface area (Å²) in [5.41, 5.74) is 1.23. The Morgan fingerprint density at radius 3 is 2.71 bits per heavy atom.